The van der Waals surface area contributed by atoms with Gasteiger partial charge in [0.25, 0.3) is 0 Å². The Labute approximate surface area is 162 Å². The fourth-order valence-electron chi connectivity index (χ4n) is 2.10. The van der Waals surface area contributed by atoms with E-state index in [2.05, 4.69) is 5.32 Å². The van der Waals surface area contributed by atoms with Gasteiger partial charge in [0.2, 0.25) is 15.9 Å². The number of carbonyl (C=O) groups excluding carboxylic acids is 1. The van der Waals surface area contributed by atoms with Gasteiger partial charge >= 0.3 is 6.18 Å². The zero-order valence-electron chi connectivity index (χ0n) is 13.3. The van der Waals surface area contributed by atoms with Crippen LogP contribution in [0.25, 0.3) is 0 Å². The second-order valence-corrected chi connectivity index (χ2v) is 8.26. The van der Waals surface area contributed by atoms with Crippen LogP contribution in [0.1, 0.15) is 12.5 Å². The average Bonchev–Trinajstić information content (AvgIpc) is 2.53. The number of nitrogens with one attached hydrogen (secondary N) is 2. The second-order valence-electron chi connectivity index (χ2n) is 5.34. The molecular formula is C16H14F3IN2O3S. The highest BCUT2D eigenvalue weighted by molar-refractivity contribution is 14.1. The first-order chi connectivity index (χ1) is 12.0. The summed E-state index contributed by atoms with van der Waals surface area (Å²) in [6.45, 7) is 1.25. The molecule has 5 nitrogen and oxygen atoms in total. The number of hydrogen-bond acceptors (Lipinski definition) is 3. The van der Waals surface area contributed by atoms with Crippen LogP contribution in [0.15, 0.2) is 53.4 Å². The number of alkyl halides is 3. The van der Waals surface area contributed by atoms with Gasteiger partial charge < -0.3 is 5.32 Å². The van der Waals surface area contributed by atoms with Crippen molar-refractivity contribution in [2.45, 2.75) is 24.0 Å². The summed E-state index contributed by atoms with van der Waals surface area (Å²) in [5, 5.41) is 2.51. The molecule has 0 aromatic heterocycles. The molecule has 0 spiro atoms. The lowest BCUT2D eigenvalue weighted by Crippen LogP contribution is -2.42. The average molecular weight is 498 g/mol. The van der Waals surface area contributed by atoms with E-state index in [4.69, 9.17) is 0 Å². The highest BCUT2D eigenvalue weighted by atomic mass is 127. The second kappa shape index (κ2) is 7.92. The van der Waals surface area contributed by atoms with Crippen molar-refractivity contribution in [3.63, 3.8) is 0 Å². The van der Waals surface area contributed by atoms with E-state index in [1.54, 1.807) is 24.3 Å². The summed E-state index contributed by atoms with van der Waals surface area (Å²) in [6.07, 6.45) is -4.84. The maximum Gasteiger partial charge on any atom is 0.417 e. The van der Waals surface area contributed by atoms with Crippen molar-refractivity contribution in [1.82, 2.24) is 4.72 Å². The minimum absolute atomic E-state index is 0.448. The number of hydrogen-bond donors (Lipinski definition) is 2. The zero-order valence-corrected chi connectivity index (χ0v) is 16.3. The van der Waals surface area contributed by atoms with Crippen molar-refractivity contribution in [1.29, 1.82) is 0 Å². The normalized spacial score (nSPS) is 13.3. The van der Waals surface area contributed by atoms with Crippen LogP contribution in [0.4, 0.5) is 18.9 Å². The molecule has 0 aliphatic heterocycles. The Hall–Kier alpha value is -1.66. The molecule has 0 bridgehead atoms. The Bertz CT molecular complexity index is 917. The van der Waals surface area contributed by atoms with Crippen molar-refractivity contribution in [2.75, 3.05) is 5.32 Å². The lowest BCUT2D eigenvalue weighted by Gasteiger charge is -2.17. The summed E-state index contributed by atoms with van der Waals surface area (Å²) in [4.78, 5) is 11.2. The van der Waals surface area contributed by atoms with Gasteiger partial charge in [-0.2, -0.15) is 17.9 Å². The first-order valence-electron chi connectivity index (χ1n) is 7.26. The van der Waals surface area contributed by atoms with Crippen LogP contribution in [0.2, 0.25) is 0 Å². The minimum Gasteiger partial charge on any atom is -0.325 e. The first-order valence-corrected chi connectivity index (χ1v) is 9.82. The largest absolute Gasteiger partial charge is 0.417 e. The summed E-state index contributed by atoms with van der Waals surface area (Å²) in [6, 6.07) is 9.29. The number of anilines is 1. The molecule has 1 unspecified atom stereocenters. The molecule has 0 fully saturated rings. The summed E-state index contributed by atoms with van der Waals surface area (Å²) < 4.78 is 66.6. The highest BCUT2D eigenvalue weighted by Crippen LogP contribution is 2.33. The maximum atomic E-state index is 13.0. The van der Waals surface area contributed by atoms with E-state index in [1.807, 2.05) is 27.3 Å². The molecule has 2 aromatic rings. The molecule has 0 saturated heterocycles. The van der Waals surface area contributed by atoms with Crippen LogP contribution in [0, 0.1) is 3.57 Å². The first kappa shape index (κ1) is 20.6. The number of benzene rings is 2. The monoisotopic (exact) mass is 498 g/mol. The van der Waals surface area contributed by atoms with Gasteiger partial charge in [-0.1, -0.05) is 18.2 Å². The van der Waals surface area contributed by atoms with Gasteiger partial charge in [0.15, 0.2) is 0 Å². The van der Waals surface area contributed by atoms with Crippen molar-refractivity contribution < 1.29 is 26.4 Å². The Balaban J connectivity index is 2.20. The van der Waals surface area contributed by atoms with Gasteiger partial charge in [-0.05, 0) is 59.8 Å². The molecule has 2 rings (SSSR count). The van der Waals surface area contributed by atoms with Crippen LogP contribution in [0.5, 0.6) is 0 Å². The molecule has 0 saturated carbocycles. The highest BCUT2D eigenvalue weighted by Gasteiger charge is 2.37. The lowest BCUT2D eigenvalue weighted by molar-refractivity contribution is -0.139. The number of carbonyl (C=O) groups is 1. The van der Waals surface area contributed by atoms with Crippen LogP contribution in [-0.4, -0.2) is 20.4 Å². The third kappa shape index (κ3) is 5.17. The van der Waals surface area contributed by atoms with Gasteiger partial charge in [0.05, 0.1) is 16.5 Å². The molecular weight excluding hydrogens is 484 g/mol. The predicted octanol–water partition coefficient (Wildman–Crippen LogP) is 3.62. The summed E-state index contributed by atoms with van der Waals surface area (Å²) in [7, 11) is -4.55. The Morgan fingerprint density at radius 1 is 1.12 bits per heavy atom. The van der Waals surface area contributed by atoms with E-state index in [0.29, 0.717) is 11.8 Å². The van der Waals surface area contributed by atoms with E-state index in [9.17, 15) is 26.4 Å². The van der Waals surface area contributed by atoms with Gasteiger partial charge in [-0.15, -0.1) is 0 Å². The molecule has 2 aromatic carbocycles. The summed E-state index contributed by atoms with van der Waals surface area (Å²) in [5.74, 6) is -0.694. The molecule has 0 radical (unpaired) electrons. The Morgan fingerprint density at radius 2 is 1.77 bits per heavy atom. The zero-order chi connectivity index (χ0) is 19.5. The minimum atomic E-state index is -4.84. The molecule has 0 heterocycles. The van der Waals surface area contributed by atoms with Crippen molar-refractivity contribution in [2.24, 2.45) is 0 Å². The SMILES string of the molecule is CC(NS(=O)(=O)c1ccccc1C(F)(F)F)C(=O)Nc1cccc(I)c1. The van der Waals surface area contributed by atoms with Gasteiger partial charge in [0, 0.05) is 9.26 Å². The molecule has 0 aliphatic carbocycles. The van der Waals surface area contributed by atoms with Gasteiger partial charge in [-0.25, -0.2) is 8.42 Å². The molecule has 140 valence electrons. The van der Waals surface area contributed by atoms with E-state index >= 15 is 0 Å². The quantitative estimate of drug-likeness (QED) is 0.619. The van der Waals surface area contributed by atoms with Gasteiger partial charge in [-0.3, -0.25) is 4.79 Å². The third-order valence-electron chi connectivity index (χ3n) is 3.30. The Kier molecular flexibility index (Phi) is 6.29. The van der Waals surface area contributed by atoms with Crippen molar-refractivity contribution >= 4 is 44.2 Å². The van der Waals surface area contributed by atoms with Crippen LogP contribution >= 0.6 is 22.6 Å². The number of rotatable bonds is 5. The Morgan fingerprint density at radius 3 is 2.38 bits per heavy atom. The van der Waals surface area contributed by atoms with Crippen molar-refractivity contribution in [3.8, 4) is 0 Å². The van der Waals surface area contributed by atoms with E-state index in [1.165, 1.54) is 13.0 Å². The molecule has 0 aliphatic rings. The molecule has 1 atom stereocenters. The molecule has 26 heavy (non-hydrogen) atoms. The van der Waals surface area contributed by atoms with Crippen LogP contribution in [-0.2, 0) is 21.0 Å². The standard InChI is InChI=1S/C16H14F3IN2O3S/c1-10(15(23)21-12-6-4-5-11(20)9-12)22-26(24,25)14-8-3-2-7-13(14)16(17,18)19/h2-10,22H,1H3,(H,21,23). The molecule has 1 amide bonds. The fourth-order valence-corrected chi connectivity index (χ4v) is 4.08. The number of sulfonamides is 1. The topological polar surface area (TPSA) is 75.3 Å². The smallest absolute Gasteiger partial charge is 0.325 e. The van der Waals surface area contributed by atoms with E-state index < -0.39 is 38.6 Å². The summed E-state index contributed by atoms with van der Waals surface area (Å²) >= 11 is 2.04. The molecule has 2 N–H and O–H groups in total. The summed E-state index contributed by atoms with van der Waals surface area (Å²) in [5.41, 5.74) is -0.846. The van der Waals surface area contributed by atoms with Crippen LogP contribution in [0.3, 0.4) is 0 Å². The fraction of sp³-hybridized carbons (Fsp3) is 0.188. The maximum absolute atomic E-state index is 13.0. The number of halogens is 4. The third-order valence-corrected chi connectivity index (χ3v) is 5.57. The van der Waals surface area contributed by atoms with Crippen molar-refractivity contribution in [3.05, 3.63) is 57.7 Å². The van der Waals surface area contributed by atoms with E-state index in [-0.39, 0.29) is 0 Å². The van der Waals surface area contributed by atoms with Gasteiger partial charge in [0.1, 0.15) is 0 Å². The molecule has 10 heteroatoms. The van der Waals surface area contributed by atoms with Crippen LogP contribution < -0.4 is 10.0 Å². The lowest BCUT2D eigenvalue weighted by atomic mass is 10.2. The number of amides is 1. The predicted molar refractivity (Wildman–Crippen MR) is 99.0 cm³/mol. The van der Waals surface area contributed by atoms with E-state index in [0.717, 1.165) is 15.7 Å².